The summed E-state index contributed by atoms with van der Waals surface area (Å²) in [6.45, 7) is 0. The van der Waals surface area contributed by atoms with Crippen LogP contribution in [-0.2, 0) is 4.84 Å². The predicted molar refractivity (Wildman–Crippen MR) is 42.4 cm³/mol. The SMILES string of the molecule is C1=CC=NOC=C1.Cl.Cl. The Kier molecular flexibility index (Phi) is 9.49. The van der Waals surface area contributed by atoms with Gasteiger partial charge in [0.05, 0.1) is 6.21 Å². The lowest BCUT2D eigenvalue weighted by Gasteiger charge is -1.77. The van der Waals surface area contributed by atoms with Gasteiger partial charge in [-0.2, -0.15) is 0 Å². The summed E-state index contributed by atoms with van der Waals surface area (Å²) in [6.07, 6.45) is 8.51. The molecule has 0 bridgehead atoms. The van der Waals surface area contributed by atoms with Crippen molar-refractivity contribution < 1.29 is 4.84 Å². The number of halogens is 2. The third-order valence-corrected chi connectivity index (χ3v) is 0.569. The van der Waals surface area contributed by atoms with Crippen molar-refractivity contribution in [3.8, 4) is 0 Å². The van der Waals surface area contributed by atoms with Gasteiger partial charge in [0.1, 0.15) is 6.26 Å². The lowest BCUT2D eigenvalue weighted by molar-refractivity contribution is 0.271. The number of hydrogen-bond acceptors (Lipinski definition) is 2. The maximum absolute atomic E-state index is 4.52. The van der Waals surface area contributed by atoms with E-state index in [1.165, 1.54) is 6.26 Å². The molecule has 4 heteroatoms. The quantitative estimate of drug-likeness (QED) is 0.541. The summed E-state index contributed by atoms with van der Waals surface area (Å²) in [6, 6.07) is 0. The number of nitrogens with zero attached hydrogens (tertiary/aromatic N) is 1. The Morgan fingerprint density at radius 2 is 1.78 bits per heavy atom. The molecule has 0 atom stereocenters. The highest BCUT2D eigenvalue weighted by atomic mass is 35.5. The van der Waals surface area contributed by atoms with Gasteiger partial charge < -0.3 is 4.84 Å². The summed E-state index contributed by atoms with van der Waals surface area (Å²) in [5.41, 5.74) is 0. The molecule has 0 N–H and O–H groups in total. The van der Waals surface area contributed by atoms with Crippen LogP contribution in [0.1, 0.15) is 0 Å². The van der Waals surface area contributed by atoms with Crippen LogP contribution in [0.5, 0.6) is 0 Å². The van der Waals surface area contributed by atoms with Gasteiger partial charge in [-0.3, -0.25) is 0 Å². The molecule has 52 valence electrons. The Labute approximate surface area is 66.1 Å². The first-order chi connectivity index (χ1) is 3.50. The molecule has 0 amide bonds. The molecule has 9 heavy (non-hydrogen) atoms. The molecule has 1 aliphatic rings. The van der Waals surface area contributed by atoms with E-state index in [2.05, 4.69) is 9.99 Å². The lowest BCUT2D eigenvalue weighted by atomic mass is 10.5. The molecule has 2 nitrogen and oxygen atoms in total. The molecule has 0 saturated heterocycles. The Bertz CT molecular complexity index is 117. The van der Waals surface area contributed by atoms with Crippen molar-refractivity contribution in [2.45, 2.75) is 0 Å². The predicted octanol–water partition coefficient (Wildman–Crippen LogP) is 1.92. The van der Waals surface area contributed by atoms with Crippen molar-refractivity contribution in [2.24, 2.45) is 5.16 Å². The van der Waals surface area contributed by atoms with Gasteiger partial charge in [0, 0.05) is 0 Å². The summed E-state index contributed by atoms with van der Waals surface area (Å²) in [5.74, 6) is 0. The number of allylic oxidation sites excluding steroid dienone is 3. The van der Waals surface area contributed by atoms with Crippen molar-refractivity contribution in [2.75, 3.05) is 0 Å². The number of hydrogen-bond donors (Lipinski definition) is 0. The molecule has 0 spiro atoms. The minimum atomic E-state index is 0. The fraction of sp³-hybridized carbons (Fsp3) is 0. The largest absolute Gasteiger partial charge is 0.365 e. The Hall–Kier alpha value is -0.470. The fourth-order valence-corrected chi connectivity index (χ4v) is 0.300. The van der Waals surface area contributed by atoms with Gasteiger partial charge in [0.15, 0.2) is 0 Å². The monoisotopic (exact) mass is 167 g/mol. The van der Waals surface area contributed by atoms with Crippen molar-refractivity contribution in [3.63, 3.8) is 0 Å². The summed E-state index contributed by atoms with van der Waals surface area (Å²) in [4.78, 5) is 4.52. The van der Waals surface area contributed by atoms with E-state index in [1.54, 1.807) is 18.4 Å². The Morgan fingerprint density at radius 1 is 1.00 bits per heavy atom. The average Bonchev–Trinajstić information content (AvgIpc) is 1.90. The summed E-state index contributed by atoms with van der Waals surface area (Å²) in [7, 11) is 0. The van der Waals surface area contributed by atoms with Gasteiger partial charge in [0.25, 0.3) is 0 Å². The van der Waals surface area contributed by atoms with E-state index >= 15 is 0 Å². The van der Waals surface area contributed by atoms with Crippen LogP contribution in [0, 0.1) is 0 Å². The van der Waals surface area contributed by atoms with Crippen molar-refractivity contribution in [1.82, 2.24) is 0 Å². The minimum Gasteiger partial charge on any atom is -0.365 e. The first-order valence-corrected chi connectivity index (χ1v) is 2.01. The molecule has 0 aliphatic carbocycles. The maximum Gasteiger partial charge on any atom is 0.122 e. The topological polar surface area (TPSA) is 21.6 Å². The van der Waals surface area contributed by atoms with Crippen LogP contribution >= 0.6 is 24.8 Å². The number of rotatable bonds is 0. The molecule has 0 radical (unpaired) electrons. The normalized spacial score (nSPS) is 12.4. The molecular formula is C5H7Cl2NO. The molecule has 1 rings (SSSR count). The van der Waals surface area contributed by atoms with Crippen molar-refractivity contribution in [1.29, 1.82) is 0 Å². The van der Waals surface area contributed by atoms with E-state index in [0.717, 1.165) is 0 Å². The zero-order valence-corrected chi connectivity index (χ0v) is 6.19. The first-order valence-electron chi connectivity index (χ1n) is 2.01. The molecule has 0 unspecified atom stereocenters. The van der Waals surface area contributed by atoms with Gasteiger partial charge >= 0.3 is 0 Å². The summed E-state index contributed by atoms with van der Waals surface area (Å²) >= 11 is 0. The van der Waals surface area contributed by atoms with Gasteiger partial charge in [-0.05, 0) is 12.2 Å². The summed E-state index contributed by atoms with van der Waals surface area (Å²) in [5, 5.41) is 3.47. The van der Waals surface area contributed by atoms with Gasteiger partial charge in [0.2, 0.25) is 0 Å². The Morgan fingerprint density at radius 3 is 2.56 bits per heavy atom. The summed E-state index contributed by atoms with van der Waals surface area (Å²) < 4.78 is 0. The van der Waals surface area contributed by atoms with Crippen molar-refractivity contribution in [3.05, 3.63) is 24.5 Å². The van der Waals surface area contributed by atoms with Crippen LogP contribution in [-0.4, -0.2) is 6.21 Å². The lowest BCUT2D eigenvalue weighted by Crippen LogP contribution is -1.61. The van der Waals surface area contributed by atoms with Crippen LogP contribution in [0.15, 0.2) is 29.6 Å². The third kappa shape index (κ3) is 5.40. The highest BCUT2D eigenvalue weighted by molar-refractivity contribution is 5.85. The zero-order valence-electron chi connectivity index (χ0n) is 4.56. The van der Waals surface area contributed by atoms with E-state index in [1.807, 2.05) is 6.08 Å². The van der Waals surface area contributed by atoms with E-state index in [4.69, 9.17) is 0 Å². The van der Waals surface area contributed by atoms with Crippen LogP contribution < -0.4 is 0 Å². The molecule has 1 aliphatic heterocycles. The van der Waals surface area contributed by atoms with Crippen LogP contribution in [0.2, 0.25) is 0 Å². The zero-order chi connectivity index (χ0) is 4.95. The second-order valence-electron chi connectivity index (χ2n) is 1.07. The molecule has 0 fully saturated rings. The highest BCUT2D eigenvalue weighted by Crippen LogP contribution is 1.83. The number of oxime groups is 1. The second-order valence-corrected chi connectivity index (χ2v) is 1.07. The van der Waals surface area contributed by atoms with Crippen LogP contribution in [0.3, 0.4) is 0 Å². The molecule has 1 heterocycles. The molecule has 0 aromatic carbocycles. The standard InChI is InChI=1S/C5H5NO.2ClH/c1-2-4-6-7-5-3-1;;/h1-5H;2*1H. The van der Waals surface area contributed by atoms with Gasteiger partial charge in [-0.25, -0.2) is 0 Å². The smallest absolute Gasteiger partial charge is 0.122 e. The van der Waals surface area contributed by atoms with E-state index in [9.17, 15) is 0 Å². The highest BCUT2D eigenvalue weighted by Gasteiger charge is 1.70. The van der Waals surface area contributed by atoms with Crippen molar-refractivity contribution >= 4 is 31.0 Å². The fourth-order valence-electron chi connectivity index (χ4n) is 0.300. The van der Waals surface area contributed by atoms with Crippen LogP contribution in [0.25, 0.3) is 0 Å². The maximum atomic E-state index is 4.52. The first kappa shape index (κ1) is 11.3. The van der Waals surface area contributed by atoms with Gasteiger partial charge in [-0.1, -0.05) is 11.2 Å². The third-order valence-electron chi connectivity index (χ3n) is 0.569. The second kappa shape index (κ2) is 7.53. The molecule has 0 saturated carbocycles. The average molecular weight is 168 g/mol. The van der Waals surface area contributed by atoms with Crippen LogP contribution in [0.4, 0.5) is 0 Å². The van der Waals surface area contributed by atoms with Gasteiger partial charge in [-0.15, -0.1) is 24.8 Å². The molecular weight excluding hydrogens is 161 g/mol. The minimum absolute atomic E-state index is 0. The Balaban J connectivity index is 0. The van der Waals surface area contributed by atoms with E-state index in [-0.39, 0.29) is 24.8 Å². The van der Waals surface area contributed by atoms with E-state index < -0.39 is 0 Å². The molecule has 0 aromatic rings. The molecule has 0 aromatic heterocycles. The van der Waals surface area contributed by atoms with E-state index in [0.29, 0.717) is 0 Å².